The third kappa shape index (κ3) is 4.56. The van der Waals surface area contributed by atoms with Crippen LogP contribution in [0.15, 0.2) is 36.4 Å². The van der Waals surface area contributed by atoms with Gasteiger partial charge in [0.1, 0.15) is 22.9 Å². The summed E-state index contributed by atoms with van der Waals surface area (Å²) in [6.07, 6.45) is 0.542. The second-order valence-electron chi connectivity index (χ2n) is 11.6. The van der Waals surface area contributed by atoms with Crippen LogP contribution in [0.2, 0.25) is 10.0 Å². The molecular weight excluding hydrogens is 490 g/mol. The summed E-state index contributed by atoms with van der Waals surface area (Å²) in [5.74, 6) is -2.42. The number of esters is 1. The van der Waals surface area contributed by atoms with Gasteiger partial charge in [-0.05, 0) is 61.9 Å². The van der Waals surface area contributed by atoms with Crippen LogP contribution in [-0.4, -0.2) is 29.6 Å². The molecule has 0 unspecified atom stereocenters. The lowest BCUT2D eigenvalue weighted by molar-refractivity contribution is -0.157. The number of nitrogens with one attached hydrogen (secondary N) is 2. The Labute approximate surface area is 215 Å². The number of halogens is 3. The molecule has 1 amide bonds. The van der Waals surface area contributed by atoms with E-state index in [1.54, 1.807) is 51.1 Å². The molecule has 0 bridgehead atoms. The van der Waals surface area contributed by atoms with Crippen molar-refractivity contribution >= 4 is 40.8 Å². The van der Waals surface area contributed by atoms with Crippen molar-refractivity contribution in [2.75, 3.05) is 5.32 Å². The highest BCUT2D eigenvalue weighted by Gasteiger charge is 2.66. The Kier molecular flexibility index (Phi) is 6.48. The van der Waals surface area contributed by atoms with Crippen LogP contribution in [0.5, 0.6) is 0 Å². The highest BCUT2D eigenvalue weighted by Crippen LogP contribution is 2.57. The minimum absolute atomic E-state index is 0.0744. The van der Waals surface area contributed by atoms with Crippen molar-refractivity contribution in [1.29, 1.82) is 0 Å². The van der Waals surface area contributed by atoms with Crippen LogP contribution in [0.25, 0.3) is 0 Å². The van der Waals surface area contributed by atoms with E-state index >= 15 is 4.39 Å². The van der Waals surface area contributed by atoms with E-state index in [4.69, 9.17) is 27.9 Å². The van der Waals surface area contributed by atoms with Gasteiger partial charge in [0.05, 0.1) is 5.02 Å². The Morgan fingerprint density at radius 3 is 2.43 bits per heavy atom. The second kappa shape index (κ2) is 8.75. The Hall–Kier alpha value is -2.15. The van der Waals surface area contributed by atoms with Crippen LogP contribution >= 0.6 is 23.2 Å². The van der Waals surface area contributed by atoms with Crippen molar-refractivity contribution in [3.05, 3.63) is 63.4 Å². The van der Waals surface area contributed by atoms with Gasteiger partial charge in [0.2, 0.25) is 5.91 Å². The van der Waals surface area contributed by atoms with E-state index < -0.39 is 40.8 Å². The van der Waals surface area contributed by atoms with E-state index in [1.807, 2.05) is 0 Å². The Bertz CT molecular complexity index is 1190. The predicted molar refractivity (Wildman–Crippen MR) is 137 cm³/mol. The number of carbonyl (C=O) groups is 2. The van der Waals surface area contributed by atoms with Gasteiger partial charge in [0.15, 0.2) is 0 Å². The van der Waals surface area contributed by atoms with Crippen LogP contribution in [-0.2, 0) is 19.7 Å². The standard InChI is InChI=1S/C27H31Cl2FN2O3/c1-25(2,3)13-19-27(16-11-10-14(28)12-18(16)31-24(27)34)20(15-8-7-9-17(29)21(15)30)22(32-19)23(33)35-26(4,5)6/h7-12,19-20,22,32H,13H2,1-6H3,(H,31,34)/t19-,20+,22+,27+/m1/s1. The molecular formula is C27H31Cl2FN2O3. The maximum atomic E-state index is 15.6. The highest BCUT2D eigenvalue weighted by molar-refractivity contribution is 6.31. The summed E-state index contributed by atoms with van der Waals surface area (Å²) in [6.45, 7) is 11.5. The van der Waals surface area contributed by atoms with E-state index in [0.717, 1.165) is 0 Å². The SMILES string of the molecule is CC(C)(C)C[C@H]1N[C@H](C(=O)OC(C)(C)C)[C@H](c2cccc(Cl)c2F)[C@@]12C(=O)Nc1cc(Cl)ccc12. The van der Waals surface area contributed by atoms with Crippen molar-refractivity contribution in [3.8, 4) is 0 Å². The van der Waals surface area contributed by atoms with Crippen molar-refractivity contribution in [2.45, 2.75) is 77.0 Å². The summed E-state index contributed by atoms with van der Waals surface area (Å²) >= 11 is 12.4. The average Bonchev–Trinajstić information content (AvgIpc) is 3.17. The average molecular weight is 521 g/mol. The fraction of sp³-hybridized carbons (Fsp3) is 0.481. The number of fused-ring (bicyclic) bond motifs is 2. The zero-order valence-corrected chi connectivity index (χ0v) is 22.3. The minimum Gasteiger partial charge on any atom is -0.459 e. The molecule has 0 aliphatic carbocycles. The zero-order valence-electron chi connectivity index (χ0n) is 20.8. The highest BCUT2D eigenvalue weighted by atomic mass is 35.5. The summed E-state index contributed by atoms with van der Waals surface area (Å²) in [5, 5.41) is 6.75. The molecule has 4 rings (SSSR count). The summed E-state index contributed by atoms with van der Waals surface area (Å²) < 4.78 is 21.4. The molecule has 0 radical (unpaired) electrons. The van der Waals surface area contributed by atoms with Gasteiger partial charge in [-0.2, -0.15) is 0 Å². The zero-order chi connectivity index (χ0) is 25.9. The number of anilines is 1. The van der Waals surface area contributed by atoms with Crippen molar-refractivity contribution in [1.82, 2.24) is 5.32 Å². The summed E-state index contributed by atoms with van der Waals surface area (Å²) in [5.41, 5.74) is -0.852. The van der Waals surface area contributed by atoms with Crippen molar-refractivity contribution in [3.63, 3.8) is 0 Å². The van der Waals surface area contributed by atoms with Crippen LogP contribution in [0.3, 0.4) is 0 Å². The molecule has 2 aliphatic heterocycles. The molecule has 0 saturated carbocycles. The number of ether oxygens (including phenoxy) is 1. The van der Waals surface area contributed by atoms with Gasteiger partial charge < -0.3 is 10.1 Å². The van der Waals surface area contributed by atoms with Gasteiger partial charge >= 0.3 is 5.97 Å². The molecule has 188 valence electrons. The number of amides is 1. The van der Waals surface area contributed by atoms with Crippen molar-refractivity contribution < 1.29 is 18.7 Å². The molecule has 2 aromatic carbocycles. The lowest BCUT2D eigenvalue weighted by Gasteiger charge is -2.37. The molecule has 5 nitrogen and oxygen atoms in total. The lowest BCUT2D eigenvalue weighted by Crippen LogP contribution is -2.49. The van der Waals surface area contributed by atoms with E-state index in [1.165, 1.54) is 6.07 Å². The van der Waals surface area contributed by atoms with E-state index in [0.29, 0.717) is 22.7 Å². The summed E-state index contributed by atoms with van der Waals surface area (Å²) in [6, 6.07) is 8.38. The largest absolute Gasteiger partial charge is 0.459 e. The van der Waals surface area contributed by atoms with E-state index in [2.05, 4.69) is 31.4 Å². The maximum Gasteiger partial charge on any atom is 0.324 e. The van der Waals surface area contributed by atoms with Crippen LogP contribution in [0, 0.1) is 11.2 Å². The number of hydrogen-bond acceptors (Lipinski definition) is 4. The monoisotopic (exact) mass is 520 g/mol. The number of benzene rings is 2. The molecule has 0 aromatic heterocycles. The predicted octanol–water partition coefficient (Wildman–Crippen LogP) is 6.22. The molecule has 4 atom stereocenters. The maximum absolute atomic E-state index is 15.6. The van der Waals surface area contributed by atoms with Crippen molar-refractivity contribution in [2.24, 2.45) is 5.41 Å². The molecule has 2 aromatic rings. The fourth-order valence-electron chi connectivity index (χ4n) is 5.49. The molecule has 2 aliphatic rings. The third-order valence-electron chi connectivity index (χ3n) is 6.60. The smallest absolute Gasteiger partial charge is 0.324 e. The molecule has 2 N–H and O–H groups in total. The Morgan fingerprint density at radius 1 is 1.11 bits per heavy atom. The van der Waals surface area contributed by atoms with Crippen LogP contribution < -0.4 is 10.6 Å². The minimum atomic E-state index is -1.29. The van der Waals surface area contributed by atoms with Gasteiger partial charge in [-0.3, -0.25) is 14.9 Å². The topological polar surface area (TPSA) is 67.4 Å². The van der Waals surface area contributed by atoms with Crippen LogP contribution in [0.1, 0.15) is 65.0 Å². The number of carbonyl (C=O) groups excluding carboxylic acids is 2. The van der Waals surface area contributed by atoms with Gasteiger partial charge in [-0.15, -0.1) is 0 Å². The van der Waals surface area contributed by atoms with E-state index in [9.17, 15) is 9.59 Å². The third-order valence-corrected chi connectivity index (χ3v) is 7.13. The molecule has 1 saturated heterocycles. The molecule has 8 heteroatoms. The van der Waals surface area contributed by atoms with Gasteiger partial charge in [0, 0.05) is 22.7 Å². The fourth-order valence-corrected chi connectivity index (χ4v) is 5.85. The van der Waals surface area contributed by atoms with Crippen LogP contribution in [0.4, 0.5) is 10.1 Å². The first kappa shape index (κ1) is 25.9. The summed E-state index contributed by atoms with van der Waals surface area (Å²) in [7, 11) is 0. The molecule has 2 heterocycles. The first-order chi connectivity index (χ1) is 16.1. The molecule has 1 spiro atoms. The first-order valence-electron chi connectivity index (χ1n) is 11.7. The molecule has 35 heavy (non-hydrogen) atoms. The second-order valence-corrected chi connectivity index (χ2v) is 12.5. The Balaban J connectivity index is 2.01. The quantitative estimate of drug-likeness (QED) is 0.471. The van der Waals surface area contributed by atoms with E-state index in [-0.39, 0.29) is 21.9 Å². The lowest BCUT2D eigenvalue weighted by atomic mass is 9.62. The van der Waals surface area contributed by atoms with Gasteiger partial charge in [0.25, 0.3) is 0 Å². The number of hydrogen-bond donors (Lipinski definition) is 2. The Morgan fingerprint density at radius 2 is 1.80 bits per heavy atom. The van der Waals surface area contributed by atoms with Gasteiger partial charge in [-0.1, -0.05) is 62.2 Å². The number of rotatable bonds is 3. The first-order valence-corrected chi connectivity index (χ1v) is 12.4. The van der Waals surface area contributed by atoms with Gasteiger partial charge in [-0.25, -0.2) is 4.39 Å². The normalized spacial score (nSPS) is 26.1. The summed E-state index contributed by atoms with van der Waals surface area (Å²) in [4.78, 5) is 27.6. The molecule has 1 fully saturated rings.